The van der Waals surface area contributed by atoms with Gasteiger partial charge in [-0.05, 0) is 84.7 Å². The first-order chi connectivity index (χ1) is 19.7. The monoisotopic (exact) mass is 548 g/mol. The molecule has 0 saturated carbocycles. The van der Waals surface area contributed by atoms with Crippen LogP contribution in [0.3, 0.4) is 0 Å². The molecule has 5 rings (SSSR count). The summed E-state index contributed by atoms with van der Waals surface area (Å²) in [4.78, 5) is 14.8. The van der Waals surface area contributed by atoms with Gasteiger partial charge < -0.3 is 15.2 Å². The molecule has 1 atom stereocenters. The molecule has 2 N–H and O–H groups in total. The molecular weight excluding hydrogens is 508 g/mol. The van der Waals surface area contributed by atoms with Crippen molar-refractivity contribution in [3.63, 3.8) is 0 Å². The molecule has 0 heterocycles. The Kier molecular flexibility index (Phi) is 8.46. The molecule has 0 radical (unpaired) electrons. The Morgan fingerprint density at radius 1 is 0.878 bits per heavy atom. The lowest BCUT2D eigenvalue weighted by Crippen LogP contribution is -2.48. The van der Waals surface area contributed by atoms with Crippen molar-refractivity contribution in [3.8, 4) is 5.75 Å². The number of benzene rings is 4. The fourth-order valence-electron chi connectivity index (χ4n) is 5.90. The van der Waals surface area contributed by atoms with Gasteiger partial charge in [0.2, 0.25) is 0 Å². The third-order valence-electron chi connectivity index (χ3n) is 8.28. The Morgan fingerprint density at radius 3 is 2.02 bits per heavy atom. The average Bonchev–Trinajstić information content (AvgIpc) is 3.28. The van der Waals surface area contributed by atoms with Crippen molar-refractivity contribution in [2.75, 3.05) is 12.3 Å². The Hall–Kier alpha value is -4.09. The van der Waals surface area contributed by atoms with Crippen LogP contribution in [0.15, 0.2) is 91.0 Å². The quantitative estimate of drug-likeness (QED) is 0.169. The zero-order chi connectivity index (χ0) is 29.0. The van der Waals surface area contributed by atoms with Crippen molar-refractivity contribution >= 4 is 11.7 Å². The molecule has 4 aromatic carbocycles. The summed E-state index contributed by atoms with van der Waals surface area (Å²) in [5.74, 6) is 0.299. The van der Waals surface area contributed by atoms with Gasteiger partial charge in [0.1, 0.15) is 18.5 Å². The summed E-state index contributed by atoms with van der Waals surface area (Å²) in [7, 11) is 0. The van der Waals surface area contributed by atoms with E-state index in [1.807, 2.05) is 54.6 Å². The van der Waals surface area contributed by atoms with Gasteiger partial charge in [-0.1, -0.05) is 78.9 Å². The van der Waals surface area contributed by atoms with Crippen LogP contribution >= 0.6 is 0 Å². The van der Waals surface area contributed by atoms with Gasteiger partial charge in [-0.2, -0.15) is 0 Å². The fourth-order valence-corrected chi connectivity index (χ4v) is 5.90. The highest BCUT2D eigenvalue weighted by Crippen LogP contribution is 2.39. The number of carbonyl (C=O) groups excluding carboxylic acids is 1. The molecule has 5 nitrogen and oxygen atoms in total. The Bertz CT molecular complexity index is 1470. The fraction of sp³-hybridized carbons (Fsp3) is 0.306. The molecule has 41 heavy (non-hydrogen) atoms. The summed E-state index contributed by atoms with van der Waals surface area (Å²) < 4.78 is 12.0. The number of aryl methyl sites for hydroxylation is 2. The van der Waals surface area contributed by atoms with Crippen molar-refractivity contribution in [2.45, 2.75) is 65.3 Å². The van der Waals surface area contributed by atoms with Gasteiger partial charge in [0.15, 0.2) is 0 Å². The zero-order valence-corrected chi connectivity index (χ0v) is 24.5. The normalized spacial score (nSPS) is 14.5. The van der Waals surface area contributed by atoms with Gasteiger partial charge in [0, 0.05) is 25.6 Å². The number of nitrogens with two attached hydrogens (primary N) is 1. The number of nitrogens with zero attached hydrogens (tertiary/aromatic N) is 1. The van der Waals surface area contributed by atoms with E-state index >= 15 is 0 Å². The number of carbonyl (C=O) groups is 1. The number of fused-ring (bicyclic) bond motifs is 1. The molecule has 0 amide bonds. The van der Waals surface area contributed by atoms with Crippen molar-refractivity contribution in [1.29, 1.82) is 0 Å². The van der Waals surface area contributed by atoms with Crippen molar-refractivity contribution in [1.82, 2.24) is 4.90 Å². The zero-order valence-electron chi connectivity index (χ0n) is 24.5. The minimum atomic E-state index is -0.481. The minimum absolute atomic E-state index is 0.138. The Labute approximate surface area is 243 Å². The largest absolute Gasteiger partial charge is 0.487 e. The van der Waals surface area contributed by atoms with Gasteiger partial charge >= 0.3 is 5.97 Å². The van der Waals surface area contributed by atoms with E-state index in [0.29, 0.717) is 24.6 Å². The number of nitrogen functional groups attached to an aromatic ring is 1. The first-order valence-corrected chi connectivity index (χ1v) is 14.3. The van der Waals surface area contributed by atoms with E-state index in [9.17, 15) is 4.79 Å². The van der Waals surface area contributed by atoms with Gasteiger partial charge in [-0.3, -0.25) is 9.69 Å². The number of ether oxygens (including phenoxy) is 2. The van der Waals surface area contributed by atoms with Crippen LogP contribution in [0, 0.1) is 13.8 Å². The lowest BCUT2D eigenvalue weighted by molar-refractivity contribution is -0.148. The molecule has 212 valence electrons. The molecule has 4 aromatic rings. The Balaban J connectivity index is 1.42. The van der Waals surface area contributed by atoms with E-state index in [2.05, 4.69) is 62.1 Å². The van der Waals surface area contributed by atoms with Crippen molar-refractivity contribution in [2.24, 2.45) is 0 Å². The van der Waals surface area contributed by atoms with E-state index in [1.165, 1.54) is 34.7 Å². The SMILES string of the molecule is CC(=O)OC(CN(Cc1ccccc1)C1(C)Cc2cc(C)c(C)cc2C1)c1ccc(OCc2ccccc2)c(N)c1. The second-order valence-corrected chi connectivity index (χ2v) is 11.6. The predicted octanol–water partition coefficient (Wildman–Crippen LogP) is 7.13. The van der Waals surface area contributed by atoms with Crippen LogP contribution in [-0.2, 0) is 35.5 Å². The summed E-state index contributed by atoms with van der Waals surface area (Å²) in [5, 5.41) is 0. The molecule has 5 heteroatoms. The topological polar surface area (TPSA) is 64.8 Å². The number of esters is 1. The first kappa shape index (κ1) is 28.4. The maximum Gasteiger partial charge on any atom is 0.303 e. The van der Waals surface area contributed by atoms with Crippen molar-refractivity contribution in [3.05, 3.63) is 130 Å². The predicted molar refractivity (Wildman–Crippen MR) is 165 cm³/mol. The van der Waals surface area contributed by atoms with Crippen LogP contribution in [0.4, 0.5) is 5.69 Å². The molecule has 0 aromatic heterocycles. The van der Waals surface area contributed by atoms with E-state index in [4.69, 9.17) is 15.2 Å². The van der Waals surface area contributed by atoms with Crippen LogP contribution in [0.25, 0.3) is 0 Å². The number of rotatable bonds is 10. The Morgan fingerprint density at radius 2 is 1.46 bits per heavy atom. The number of hydrogen-bond donors (Lipinski definition) is 1. The molecule has 1 aliphatic rings. The second kappa shape index (κ2) is 12.2. The lowest BCUT2D eigenvalue weighted by Gasteiger charge is -2.40. The summed E-state index contributed by atoms with van der Waals surface area (Å²) >= 11 is 0. The van der Waals surface area contributed by atoms with Gasteiger partial charge in [-0.25, -0.2) is 0 Å². The third-order valence-corrected chi connectivity index (χ3v) is 8.28. The summed E-state index contributed by atoms with van der Waals surface area (Å²) in [5.41, 5.74) is 15.5. The molecule has 0 spiro atoms. The second-order valence-electron chi connectivity index (χ2n) is 11.6. The lowest BCUT2D eigenvalue weighted by atomic mass is 9.93. The van der Waals surface area contributed by atoms with E-state index in [1.54, 1.807) is 0 Å². The number of hydrogen-bond acceptors (Lipinski definition) is 5. The molecular formula is C36H40N2O3. The third kappa shape index (κ3) is 6.80. The van der Waals surface area contributed by atoms with Crippen LogP contribution in [0.1, 0.15) is 58.9 Å². The van der Waals surface area contributed by atoms with Gasteiger partial charge in [-0.15, -0.1) is 0 Å². The summed E-state index contributed by atoms with van der Waals surface area (Å²) in [6, 6.07) is 30.9. The average molecular weight is 549 g/mol. The minimum Gasteiger partial charge on any atom is -0.487 e. The molecule has 1 aliphatic carbocycles. The van der Waals surface area contributed by atoms with Gasteiger partial charge in [0.25, 0.3) is 0 Å². The number of anilines is 1. The smallest absolute Gasteiger partial charge is 0.303 e. The van der Waals surface area contributed by atoms with Crippen LogP contribution in [0.5, 0.6) is 5.75 Å². The first-order valence-electron chi connectivity index (χ1n) is 14.3. The van der Waals surface area contributed by atoms with E-state index in [-0.39, 0.29) is 11.5 Å². The highest BCUT2D eigenvalue weighted by molar-refractivity contribution is 5.66. The molecule has 0 saturated heterocycles. The van der Waals surface area contributed by atoms with Crippen molar-refractivity contribution < 1.29 is 14.3 Å². The van der Waals surface area contributed by atoms with Gasteiger partial charge in [0.05, 0.1) is 5.69 Å². The highest BCUT2D eigenvalue weighted by atomic mass is 16.5. The maximum absolute atomic E-state index is 12.3. The standard InChI is InChI=1S/C36H40N2O3/c1-25-17-31-20-36(4,21-32(31)18-26(25)2)38(22-28-11-7-5-8-12-28)23-35(41-27(3)39)30-15-16-34(33(37)19-30)40-24-29-13-9-6-10-14-29/h5-19,35H,20-24,37H2,1-4H3. The summed E-state index contributed by atoms with van der Waals surface area (Å²) in [6.07, 6.45) is 1.40. The molecule has 0 bridgehead atoms. The molecule has 0 aliphatic heterocycles. The maximum atomic E-state index is 12.3. The molecule has 0 fully saturated rings. The molecule has 1 unspecified atom stereocenters. The van der Waals surface area contributed by atoms with E-state index in [0.717, 1.165) is 30.5 Å². The van der Waals surface area contributed by atoms with Crippen LogP contribution < -0.4 is 10.5 Å². The summed E-state index contributed by atoms with van der Waals surface area (Å²) in [6.45, 7) is 9.88. The van der Waals surface area contributed by atoms with Crippen LogP contribution in [0.2, 0.25) is 0 Å². The highest BCUT2D eigenvalue weighted by Gasteiger charge is 2.40. The van der Waals surface area contributed by atoms with Crippen LogP contribution in [-0.4, -0.2) is 23.0 Å². The van der Waals surface area contributed by atoms with E-state index < -0.39 is 6.10 Å².